The molecular formula is C20H23Cl2N3O2. The molecule has 27 heavy (non-hydrogen) atoms. The van der Waals surface area contributed by atoms with Gasteiger partial charge < -0.3 is 19.9 Å². The van der Waals surface area contributed by atoms with E-state index < -0.39 is 0 Å². The highest BCUT2D eigenvalue weighted by atomic mass is 35.5. The number of benzene rings is 2. The van der Waals surface area contributed by atoms with Crippen molar-refractivity contribution in [3.8, 4) is 0 Å². The number of hydrogen-bond donors (Lipinski definition) is 1. The van der Waals surface area contributed by atoms with Crippen molar-refractivity contribution in [3.05, 3.63) is 57.6 Å². The van der Waals surface area contributed by atoms with Crippen LogP contribution in [0.3, 0.4) is 0 Å². The first-order chi connectivity index (χ1) is 13.0. The second-order valence-corrected chi connectivity index (χ2v) is 7.46. The zero-order chi connectivity index (χ0) is 19.4. The monoisotopic (exact) mass is 407 g/mol. The summed E-state index contributed by atoms with van der Waals surface area (Å²) in [7, 11) is 3.91. The Bertz CT molecular complexity index is 804. The molecule has 3 rings (SSSR count). The van der Waals surface area contributed by atoms with Gasteiger partial charge >= 0.3 is 0 Å². The molecule has 0 spiro atoms. The summed E-state index contributed by atoms with van der Waals surface area (Å²) >= 11 is 12.5. The molecule has 0 aromatic heterocycles. The first kappa shape index (κ1) is 19.8. The summed E-state index contributed by atoms with van der Waals surface area (Å²) in [6.45, 7) is 3.03. The van der Waals surface area contributed by atoms with E-state index in [9.17, 15) is 4.79 Å². The smallest absolute Gasteiger partial charge is 0.254 e. The van der Waals surface area contributed by atoms with Gasteiger partial charge in [-0.15, -0.1) is 0 Å². The van der Waals surface area contributed by atoms with Crippen LogP contribution in [0.2, 0.25) is 10.0 Å². The summed E-state index contributed by atoms with van der Waals surface area (Å²) in [5.74, 6) is 0.0421. The predicted molar refractivity (Wildman–Crippen MR) is 111 cm³/mol. The van der Waals surface area contributed by atoms with Gasteiger partial charge in [0, 0.05) is 66.3 Å². The van der Waals surface area contributed by atoms with Gasteiger partial charge in [0.2, 0.25) is 0 Å². The van der Waals surface area contributed by atoms with Crippen molar-refractivity contribution in [3.63, 3.8) is 0 Å². The quantitative estimate of drug-likeness (QED) is 0.808. The number of amides is 1. The number of carbonyl (C=O) groups is 1. The summed E-state index contributed by atoms with van der Waals surface area (Å²) in [6, 6.07) is 11.2. The average Bonchev–Trinajstić information content (AvgIpc) is 2.67. The lowest BCUT2D eigenvalue weighted by molar-refractivity contribution is 0.0303. The van der Waals surface area contributed by atoms with E-state index in [1.165, 1.54) is 0 Å². The highest BCUT2D eigenvalue weighted by Gasteiger charge is 2.18. The predicted octanol–water partition coefficient (Wildman–Crippen LogP) is 4.14. The molecule has 1 heterocycles. The minimum atomic E-state index is 0.0421. The van der Waals surface area contributed by atoms with Gasteiger partial charge in [-0.25, -0.2) is 0 Å². The molecule has 0 atom stereocenters. The van der Waals surface area contributed by atoms with Gasteiger partial charge in [-0.05, 0) is 36.4 Å². The van der Waals surface area contributed by atoms with Crippen LogP contribution in [-0.2, 0) is 11.3 Å². The van der Waals surface area contributed by atoms with E-state index in [0.717, 1.165) is 16.9 Å². The molecule has 1 N–H and O–H groups in total. The van der Waals surface area contributed by atoms with Crippen molar-refractivity contribution in [2.75, 3.05) is 50.6 Å². The number of nitrogens with zero attached hydrogens (tertiary/aromatic N) is 2. The molecule has 2 aromatic rings. The van der Waals surface area contributed by atoms with Crippen LogP contribution in [0.1, 0.15) is 15.9 Å². The lowest BCUT2D eigenvalue weighted by Crippen LogP contribution is -2.40. The molecule has 1 aliphatic heterocycles. The van der Waals surface area contributed by atoms with Crippen LogP contribution in [0.15, 0.2) is 36.4 Å². The highest BCUT2D eigenvalue weighted by molar-refractivity contribution is 6.35. The maximum atomic E-state index is 12.5. The average molecular weight is 408 g/mol. The van der Waals surface area contributed by atoms with E-state index in [1.54, 1.807) is 6.07 Å². The van der Waals surface area contributed by atoms with E-state index in [4.69, 9.17) is 27.9 Å². The Morgan fingerprint density at radius 1 is 1.15 bits per heavy atom. The van der Waals surface area contributed by atoms with Crippen molar-refractivity contribution in [1.82, 2.24) is 4.90 Å². The summed E-state index contributed by atoms with van der Waals surface area (Å²) in [4.78, 5) is 16.3. The van der Waals surface area contributed by atoms with E-state index in [2.05, 4.69) is 5.32 Å². The van der Waals surface area contributed by atoms with Crippen LogP contribution in [0, 0.1) is 0 Å². The Morgan fingerprint density at radius 3 is 2.44 bits per heavy atom. The molecule has 1 aliphatic rings. The molecule has 0 unspecified atom stereocenters. The number of rotatable bonds is 5. The zero-order valence-corrected chi connectivity index (χ0v) is 17.0. The molecule has 144 valence electrons. The van der Waals surface area contributed by atoms with Crippen molar-refractivity contribution in [2.24, 2.45) is 0 Å². The fourth-order valence-corrected chi connectivity index (χ4v) is 3.58. The number of hydrogen-bond acceptors (Lipinski definition) is 4. The highest BCUT2D eigenvalue weighted by Crippen LogP contribution is 2.31. The van der Waals surface area contributed by atoms with E-state index >= 15 is 0 Å². The van der Waals surface area contributed by atoms with E-state index in [1.807, 2.05) is 54.2 Å². The second-order valence-electron chi connectivity index (χ2n) is 6.62. The molecule has 5 nitrogen and oxygen atoms in total. The maximum Gasteiger partial charge on any atom is 0.254 e. The SMILES string of the molecule is CN(C)c1cc(Cl)cc(Cl)c1CNc1ccc(C(=O)N2CCOCC2)cc1. The molecule has 1 fully saturated rings. The van der Waals surface area contributed by atoms with Crippen LogP contribution in [-0.4, -0.2) is 51.2 Å². The summed E-state index contributed by atoms with van der Waals surface area (Å²) in [6.07, 6.45) is 0. The number of ether oxygens (including phenoxy) is 1. The van der Waals surface area contributed by atoms with Crippen molar-refractivity contribution >= 4 is 40.5 Å². The molecular weight excluding hydrogens is 385 g/mol. The van der Waals surface area contributed by atoms with E-state index in [-0.39, 0.29) is 5.91 Å². The minimum absolute atomic E-state index is 0.0421. The first-order valence-electron chi connectivity index (χ1n) is 8.82. The number of nitrogens with one attached hydrogen (secondary N) is 1. The third-order valence-corrected chi connectivity index (χ3v) is 5.07. The van der Waals surface area contributed by atoms with Crippen molar-refractivity contribution in [1.29, 1.82) is 0 Å². The second kappa shape index (κ2) is 8.83. The third kappa shape index (κ3) is 4.86. The number of halogens is 2. The van der Waals surface area contributed by atoms with Crippen molar-refractivity contribution in [2.45, 2.75) is 6.54 Å². The van der Waals surface area contributed by atoms with Crippen LogP contribution >= 0.6 is 23.2 Å². The lowest BCUT2D eigenvalue weighted by atomic mass is 10.1. The Labute approximate surface area is 169 Å². The van der Waals surface area contributed by atoms with E-state index in [0.29, 0.717) is 48.5 Å². The van der Waals surface area contributed by atoms with Gasteiger partial charge in [0.1, 0.15) is 0 Å². The summed E-state index contributed by atoms with van der Waals surface area (Å²) < 4.78 is 5.30. The van der Waals surface area contributed by atoms with Gasteiger partial charge in [-0.1, -0.05) is 23.2 Å². The molecule has 0 saturated carbocycles. The zero-order valence-electron chi connectivity index (χ0n) is 15.5. The van der Waals surface area contributed by atoms with Crippen LogP contribution < -0.4 is 10.2 Å². The fourth-order valence-electron chi connectivity index (χ4n) is 3.03. The van der Waals surface area contributed by atoms with Crippen molar-refractivity contribution < 1.29 is 9.53 Å². The Morgan fingerprint density at radius 2 is 1.81 bits per heavy atom. The number of anilines is 2. The first-order valence-corrected chi connectivity index (χ1v) is 9.57. The topological polar surface area (TPSA) is 44.8 Å². The molecule has 1 saturated heterocycles. The third-order valence-electron chi connectivity index (χ3n) is 4.52. The largest absolute Gasteiger partial charge is 0.381 e. The molecule has 1 amide bonds. The Balaban J connectivity index is 1.68. The molecule has 7 heteroatoms. The number of carbonyl (C=O) groups excluding carboxylic acids is 1. The minimum Gasteiger partial charge on any atom is -0.381 e. The molecule has 0 aliphatic carbocycles. The molecule has 0 radical (unpaired) electrons. The van der Waals surface area contributed by atoms with Crippen LogP contribution in [0.5, 0.6) is 0 Å². The Kier molecular flexibility index (Phi) is 6.47. The lowest BCUT2D eigenvalue weighted by Gasteiger charge is -2.26. The Hall–Kier alpha value is -1.95. The van der Waals surface area contributed by atoms with Crippen LogP contribution in [0.4, 0.5) is 11.4 Å². The number of morpholine rings is 1. The standard InChI is InChI=1S/C20H23Cl2N3O2/c1-24(2)19-12-15(21)11-18(22)17(19)13-23-16-5-3-14(4-6-16)20(26)25-7-9-27-10-8-25/h3-6,11-12,23H,7-10,13H2,1-2H3. The maximum absolute atomic E-state index is 12.5. The van der Waals surface area contributed by atoms with Gasteiger partial charge in [-0.2, -0.15) is 0 Å². The van der Waals surface area contributed by atoms with Crippen LogP contribution in [0.25, 0.3) is 0 Å². The van der Waals surface area contributed by atoms with Gasteiger partial charge in [0.15, 0.2) is 0 Å². The summed E-state index contributed by atoms with van der Waals surface area (Å²) in [5, 5.41) is 4.60. The molecule has 0 bridgehead atoms. The van der Waals surface area contributed by atoms with Gasteiger partial charge in [0.25, 0.3) is 5.91 Å². The van der Waals surface area contributed by atoms with Gasteiger partial charge in [0.05, 0.1) is 13.2 Å². The van der Waals surface area contributed by atoms with Gasteiger partial charge in [-0.3, -0.25) is 4.79 Å². The fraction of sp³-hybridized carbons (Fsp3) is 0.350. The molecule has 2 aromatic carbocycles. The normalized spacial score (nSPS) is 14.1. The summed E-state index contributed by atoms with van der Waals surface area (Å²) in [5.41, 5.74) is 3.55.